The van der Waals surface area contributed by atoms with Crippen LogP contribution in [0.2, 0.25) is 0 Å². The van der Waals surface area contributed by atoms with E-state index >= 15 is 0 Å². The van der Waals surface area contributed by atoms with Crippen LogP contribution in [0.1, 0.15) is 16.2 Å². The van der Waals surface area contributed by atoms with Gasteiger partial charge in [-0.1, -0.05) is 0 Å². The minimum atomic E-state index is -0.303. The van der Waals surface area contributed by atoms with Crippen molar-refractivity contribution in [2.75, 3.05) is 6.54 Å². The number of imidazole rings is 1. The third kappa shape index (κ3) is 3.05. The zero-order chi connectivity index (χ0) is 14.7. The molecule has 2 aromatic heterocycles. The number of H-pyrrole nitrogens is 1. The van der Waals surface area contributed by atoms with Crippen LogP contribution in [0.3, 0.4) is 0 Å². The summed E-state index contributed by atoms with van der Waals surface area (Å²) in [7, 11) is 0. The SMILES string of the molecule is O=C(NCCc1nc2ccc(F)cc2[nH]1)c1cccnc1. The molecule has 3 rings (SSSR count). The summed E-state index contributed by atoms with van der Waals surface area (Å²) < 4.78 is 13.1. The molecule has 0 bridgehead atoms. The average Bonchev–Trinajstić information content (AvgIpc) is 2.89. The lowest BCUT2D eigenvalue weighted by molar-refractivity contribution is 0.0953. The minimum Gasteiger partial charge on any atom is -0.352 e. The van der Waals surface area contributed by atoms with Crippen LogP contribution in [0.5, 0.6) is 0 Å². The van der Waals surface area contributed by atoms with Gasteiger partial charge >= 0.3 is 0 Å². The van der Waals surface area contributed by atoms with Crippen molar-refractivity contribution in [1.82, 2.24) is 20.3 Å². The number of carbonyl (C=O) groups excluding carboxylic acids is 1. The summed E-state index contributed by atoms with van der Waals surface area (Å²) in [5.41, 5.74) is 1.89. The number of carbonyl (C=O) groups is 1. The number of aromatic nitrogens is 3. The Bertz CT molecular complexity index is 770. The van der Waals surface area contributed by atoms with Gasteiger partial charge in [-0.15, -0.1) is 0 Å². The number of amides is 1. The molecule has 2 heterocycles. The van der Waals surface area contributed by atoms with E-state index in [0.717, 1.165) is 0 Å². The molecule has 0 saturated heterocycles. The first-order chi connectivity index (χ1) is 10.2. The van der Waals surface area contributed by atoms with Gasteiger partial charge < -0.3 is 10.3 Å². The molecule has 2 N–H and O–H groups in total. The van der Waals surface area contributed by atoms with Crippen molar-refractivity contribution in [2.24, 2.45) is 0 Å². The van der Waals surface area contributed by atoms with Crippen LogP contribution in [0, 0.1) is 5.82 Å². The van der Waals surface area contributed by atoms with E-state index in [1.165, 1.54) is 18.3 Å². The average molecular weight is 284 g/mol. The van der Waals surface area contributed by atoms with Crippen LogP contribution in [0.4, 0.5) is 4.39 Å². The molecule has 0 spiro atoms. The fraction of sp³-hybridized carbons (Fsp3) is 0.133. The Morgan fingerprint density at radius 1 is 1.33 bits per heavy atom. The molecule has 0 saturated carbocycles. The van der Waals surface area contributed by atoms with Crippen molar-refractivity contribution in [3.63, 3.8) is 0 Å². The van der Waals surface area contributed by atoms with Crippen molar-refractivity contribution < 1.29 is 9.18 Å². The summed E-state index contributed by atoms with van der Waals surface area (Å²) in [6.07, 6.45) is 3.67. The number of hydrogen-bond donors (Lipinski definition) is 2. The molecular weight excluding hydrogens is 271 g/mol. The maximum absolute atomic E-state index is 13.1. The van der Waals surface area contributed by atoms with Crippen LogP contribution in [0.25, 0.3) is 11.0 Å². The molecule has 3 aromatic rings. The standard InChI is InChI=1S/C15H13FN4O/c16-11-3-4-12-13(8-11)20-14(19-12)5-7-18-15(21)10-2-1-6-17-9-10/h1-4,6,8-9H,5,7H2,(H,18,21)(H,19,20). The number of aromatic amines is 1. The molecule has 106 valence electrons. The van der Waals surface area contributed by atoms with Crippen molar-refractivity contribution in [2.45, 2.75) is 6.42 Å². The molecule has 0 atom stereocenters. The number of nitrogens with one attached hydrogen (secondary N) is 2. The monoisotopic (exact) mass is 284 g/mol. The number of fused-ring (bicyclic) bond motifs is 1. The quantitative estimate of drug-likeness (QED) is 0.770. The normalized spacial score (nSPS) is 10.7. The molecule has 21 heavy (non-hydrogen) atoms. The first-order valence-electron chi connectivity index (χ1n) is 6.55. The van der Waals surface area contributed by atoms with Crippen LogP contribution in [0.15, 0.2) is 42.7 Å². The summed E-state index contributed by atoms with van der Waals surface area (Å²) in [4.78, 5) is 23.1. The zero-order valence-electron chi connectivity index (χ0n) is 11.1. The van der Waals surface area contributed by atoms with Gasteiger partial charge in [0.1, 0.15) is 11.6 Å². The topological polar surface area (TPSA) is 70.7 Å². The largest absolute Gasteiger partial charge is 0.352 e. The van der Waals surface area contributed by atoms with E-state index in [4.69, 9.17) is 0 Å². The van der Waals surface area contributed by atoms with Gasteiger partial charge in [-0.05, 0) is 30.3 Å². The maximum Gasteiger partial charge on any atom is 0.252 e. The number of hydrogen-bond acceptors (Lipinski definition) is 3. The smallest absolute Gasteiger partial charge is 0.252 e. The van der Waals surface area contributed by atoms with Gasteiger partial charge in [0.05, 0.1) is 16.6 Å². The highest BCUT2D eigenvalue weighted by molar-refractivity contribution is 5.93. The molecule has 0 radical (unpaired) electrons. The molecule has 5 nitrogen and oxygen atoms in total. The Hall–Kier alpha value is -2.76. The van der Waals surface area contributed by atoms with Gasteiger partial charge in [0.15, 0.2) is 0 Å². The molecule has 0 aliphatic carbocycles. The van der Waals surface area contributed by atoms with Gasteiger partial charge in [0.2, 0.25) is 0 Å². The van der Waals surface area contributed by atoms with E-state index in [2.05, 4.69) is 20.3 Å². The van der Waals surface area contributed by atoms with Gasteiger partial charge in [0.25, 0.3) is 5.91 Å². The highest BCUT2D eigenvalue weighted by Crippen LogP contribution is 2.12. The molecule has 0 aliphatic rings. The number of nitrogens with zero attached hydrogens (tertiary/aromatic N) is 2. The zero-order valence-corrected chi connectivity index (χ0v) is 11.1. The first kappa shape index (κ1) is 13.2. The Kier molecular flexibility index (Phi) is 3.59. The molecule has 1 aromatic carbocycles. The van der Waals surface area contributed by atoms with Gasteiger partial charge in [0, 0.05) is 25.4 Å². The van der Waals surface area contributed by atoms with Gasteiger partial charge in [-0.25, -0.2) is 9.37 Å². The van der Waals surface area contributed by atoms with E-state index in [0.29, 0.717) is 35.4 Å². The van der Waals surface area contributed by atoms with Crippen molar-refractivity contribution in [3.8, 4) is 0 Å². The van der Waals surface area contributed by atoms with Crippen LogP contribution in [-0.4, -0.2) is 27.4 Å². The lowest BCUT2D eigenvalue weighted by Crippen LogP contribution is -2.25. The second-order valence-corrected chi connectivity index (χ2v) is 4.59. The van der Waals surface area contributed by atoms with Crippen LogP contribution in [-0.2, 0) is 6.42 Å². The van der Waals surface area contributed by atoms with E-state index in [1.807, 2.05) is 0 Å². The Morgan fingerprint density at radius 2 is 2.24 bits per heavy atom. The minimum absolute atomic E-state index is 0.176. The summed E-state index contributed by atoms with van der Waals surface area (Å²) in [5, 5.41) is 2.79. The highest BCUT2D eigenvalue weighted by atomic mass is 19.1. The maximum atomic E-state index is 13.1. The Morgan fingerprint density at radius 3 is 3.05 bits per heavy atom. The second-order valence-electron chi connectivity index (χ2n) is 4.59. The Balaban J connectivity index is 1.60. The third-order valence-electron chi connectivity index (χ3n) is 3.06. The number of halogens is 1. The Labute approximate surface area is 120 Å². The highest BCUT2D eigenvalue weighted by Gasteiger charge is 2.06. The summed E-state index contributed by atoms with van der Waals surface area (Å²) >= 11 is 0. The molecular formula is C15H13FN4O. The predicted molar refractivity (Wildman–Crippen MR) is 76.3 cm³/mol. The van der Waals surface area contributed by atoms with E-state index in [1.54, 1.807) is 24.4 Å². The molecule has 0 aliphatic heterocycles. The molecule has 1 amide bonds. The summed E-state index contributed by atoms with van der Waals surface area (Å²) in [6, 6.07) is 7.81. The van der Waals surface area contributed by atoms with Crippen molar-refractivity contribution >= 4 is 16.9 Å². The summed E-state index contributed by atoms with van der Waals surface area (Å²) in [5.74, 6) is 0.231. The fourth-order valence-corrected chi connectivity index (χ4v) is 2.05. The van der Waals surface area contributed by atoms with Gasteiger partial charge in [-0.2, -0.15) is 0 Å². The lowest BCUT2D eigenvalue weighted by Gasteiger charge is -2.03. The lowest BCUT2D eigenvalue weighted by atomic mass is 10.2. The first-order valence-corrected chi connectivity index (χ1v) is 6.55. The van der Waals surface area contributed by atoms with Gasteiger partial charge in [-0.3, -0.25) is 9.78 Å². The van der Waals surface area contributed by atoms with Crippen LogP contribution >= 0.6 is 0 Å². The van der Waals surface area contributed by atoms with Crippen molar-refractivity contribution in [1.29, 1.82) is 0 Å². The number of rotatable bonds is 4. The van der Waals surface area contributed by atoms with Crippen LogP contribution < -0.4 is 5.32 Å². The summed E-state index contributed by atoms with van der Waals surface area (Å²) in [6.45, 7) is 0.441. The fourth-order valence-electron chi connectivity index (χ4n) is 2.05. The third-order valence-corrected chi connectivity index (χ3v) is 3.06. The molecule has 0 fully saturated rings. The second kappa shape index (κ2) is 5.70. The van der Waals surface area contributed by atoms with E-state index in [9.17, 15) is 9.18 Å². The number of pyridine rings is 1. The predicted octanol–water partition coefficient (Wildman–Crippen LogP) is 2.07. The molecule has 6 heteroatoms. The van der Waals surface area contributed by atoms with E-state index in [-0.39, 0.29) is 11.7 Å². The molecule has 0 unspecified atom stereocenters. The van der Waals surface area contributed by atoms with Crippen molar-refractivity contribution in [3.05, 3.63) is 59.9 Å². The van der Waals surface area contributed by atoms with E-state index < -0.39 is 0 Å². The number of benzene rings is 1.